The van der Waals surface area contributed by atoms with Gasteiger partial charge in [0.15, 0.2) is 0 Å². The van der Waals surface area contributed by atoms with E-state index in [-0.39, 0.29) is 6.03 Å². The van der Waals surface area contributed by atoms with E-state index in [1.54, 1.807) is 25.2 Å². The van der Waals surface area contributed by atoms with Crippen molar-refractivity contribution in [3.05, 3.63) is 28.8 Å². The highest BCUT2D eigenvalue weighted by atomic mass is 35.5. The highest BCUT2D eigenvalue weighted by Gasteiger charge is 2.07. The molecule has 1 aromatic rings. The second kappa shape index (κ2) is 5.38. The molecule has 0 atom stereocenters. The van der Waals surface area contributed by atoms with Crippen LogP contribution in [0, 0.1) is 11.3 Å². The number of nitrogens with zero attached hydrogens (tertiary/aromatic N) is 2. The summed E-state index contributed by atoms with van der Waals surface area (Å²) in [5, 5.41) is 11.7. The summed E-state index contributed by atoms with van der Waals surface area (Å²) in [6, 6.07) is 6.52. The third-order valence-electron chi connectivity index (χ3n) is 2.16. The Morgan fingerprint density at radius 1 is 1.62 bits per heavy atom. The van der Waals surface area contributed by atoms with Gasteiger partial charge in [-0.05, 0) is 25.1 Å². The smallest absolute Gasteiger partial charge is 0.321 e. The summed E-state index contributed by atoms with van der Waals surface area (Å²) in [4.78, 5) is 13.0. The van der Waals surface area contributed by atoms with Gasteiger partial charge in [0.25, 0.3) is 0 Å². The van der Waals surface area contributed by atoms with Crippen molar-refractivity contribution in [2.45, 2.75) is 6.92 Å². The minimum Gasteiger partial charge on any atom is -0.328 e. The van der Waals surface area contributed by atoms with Gasteiger partial charge < -0.3 is 10.2 Å². The predicted octanol–water partition coefficient (Wildman–Crippen LogP) is 2.70. The van der Waals surface area contributed by atoms with E-state index < -0.39 is 0 Å². The van der Waals surface area contributed by atoms with Crippen LogP contribution in [0.3, 0.4) is 0 Å². The van der Waals surface area contributed by atoms with E-state index in [4.69, 9.17) is 16.9 Å². The molecule has 2 amide bonds. The summed E-state index contributed by atoms with van der Waals surface area (Å²) in [7, 11) is 1.70. The molecule has 0 fully saturated rings. The maximum Gasteiger partial charge on any atom is 0.321 e. The molecule has 1 rings (SSSR count). The number of benzene rings is 1. The lowest BCUT2D eigenvalue weighted by molar-refractivity contribution is 0.224. The monoisotopic (exact) mass is 237 g/mol. The van der Waals surface area contributed by atoms with Gasteiger partial charge in [-0.25, -0.2) is 4.79 Å². The van der Waals surface area contributed by atoms with E-state index in [1.807, 2.05) is 13.0 Å². The van der Waals surface area contributed by atoms with Crippen LogP contribution in [0.25, 0.3) is 0 Å². The molecule has 0 saturated carbocycles. The van der Waals surface area contributed by atoms with Gasteiger partial charge >= 0.3 is 6.03 Å². The van der Waals surface area contributed by atoms with E-state index in [9.17, 15) is 4.79 Å². The molecule has 1 aromatic carbocycles. The Kier molecular flexibility index (Phi) is 4.15. The molecule has 0 aromatic heterocycles. The molecule has 1 N–H and O–H groups in total. The lowest BCUT2D eigenvalue weighted by atomic mass is 10.2. The second-order valence-electron chi connectivity index (χ2n) is 3.25. The number of nitrogens with one attached hydrogen (secondary N) is 1. The molecule has 16 heavy (non-hydrogen) atoms. The number of hydrogen-bond acceptors (Lipinski definition) is 2. The Labute approximate surface area is 99.4 Å². The molecule has 4 nitrogen and oxygen atoms in total. The van der Waals surface area contributed by atoms with E-state index >= 15 is 0 Å². The number of nitriles is 1. The van der Waals surface area contributed by atoms with Gasteiger partial charge in [-0.1, -0.05) is 11.6 Å². The van der Waals surface area contributed by atoms with Crippen molar-refractivity contribution in [3.63, 3.8) is 0 Å². The molecule has 0 saturated heterocycles. The molecule has 84 valence electrons. The fourth-order valence-electron chi connectivity index (χ4n) is 1.05. The van der Waals surface area contributed by atoms with Gasteiger partial charge in [-0.3, -0.25) is 0 Å². The van der Waals surface area contributed by atoms with Gasteiger partial charge in [0.2, 0.25) is 0 Å². The average Bonchev–Trinajstić information content (AvgIpc) is 2.28. The highest BCUT2D eigenvalue weighted by molar-refractivity contribution is 6.32. The Morgan fingerprint density at radius 3 is 2.81 bits per heavy atom. The van der Waals surface area contributed by atoms with Crippen molar-refractivity contribution < 1.29 is 4.79 Å². The standard InChI is InChI=1S/C11H12ClN3O/c1-3-15(2)11(16)14-9-5-4-8(7-13)10(12)6-9/h4-6H,3H2,1-2H3,(H,14,16). The zero-order valence-electron chi connectivity index (χ0n) is 9.12. The fraction of sp³-hybridized carbons (Fsp3) is 0.273. The SMILES string of the molecule is CCN(C)C(=O)Nc1ccc(C#N)c(Cl)c1. The first-order chi connectivity index (χ1) is 7.58. The minimum atomic E-state index is -0.205. The summed E-state index contributed by atoms with van der Waals surface area (Å²) in [6.07, 6.45) is 0. The van der Waals surface area contributed by atoms with Crippen molar-refractivity contribution in [2.24, 2.45) is 0 Å². The largest absolute Gasteiger partial charge is 0.328 e. The van der Waals surface area contributed by atoms with Crippen LogP contribution in [0.1, 0.15) is 12.5 Å². The lowest BCUT2D eigenvalue weighted by Crippen LogP contribution is -2.30. The molecule has 0 aliphatic carbocycles. The van der Waals surface area contributed by atoms with Crippen LogP contribution in [0.5, 0.6) is 0 Å². The minimum absolute atomic E-state index is 0.205. The summed E-state index contributed by atoms with van der Waals surface area (Å²) in [5.74, 6) is 0. The summed E-state index contributed by atoms with van der Waals surface area (Å²) in [5.41, 5.74) is 0.970. The van der Waals surface area contributed by atoms with E-state index in [1.165, 1.54) is 4.90 Å². The summed E-state index contributed by atoms with van der Waals surface area (Å²) in [6.45, 7) is 2.50. The molecule has 0 bridgehead atoms. The van der Waals surface area contributed by atoms with Crippen LogP contribution in [0.4, 0.5) is 10.5 Å². The number of urea groups is 1. The second-order valence-corrected chi connectivity index (χ2v) is 3.66. The van der Waals surface area contributed by atoms with E-state index in [0.717, 1.165) is 0 Å². The lowest BCUT2D eigenvalue weighted by Gasteiger charge is -2.15. The number of rotatable bonds is 2. The molecule has 0 aliphatic heterocycles. The van der Waals surface area contributed by atoms with Crippen LogP contribution < -0.4 is 5.32 Å². The molecular formula is C11H12ClN3O. The number of hydrogen-bond donors (Lipinski definition) is 1. The first-order valence-electron chi connectivity index (χ1n) is 4.80. The normalized spacial score (nSPS) is 9.38. The van der Waals surface area contributed by atoms with Gasteiger partial charge in [0, 0.05) is 19.3 Å². The Morgan fingerprint density at radius 2 is 2.31 bits per heavy atom. The first kappa shape index (κ1) is 12.3. The Balaban J connectivity index is 2.80. The topological polar surface area (TPSA) is 56.1 Å². The Hall–Kier alpha value is -1.73. The highest BCUT2D eigenvalue weighted by Crippen LogP contribution is 2.20. The van der Waals surface area contributed by atoms with Crippen molar-refractivity contribution in [1.82, 2.24) is 4.90 Å². The van der Waals surface area contributed by atoms with E-state index in [2.05, 4.69) is 5.32 Å². The predicted molar refractivity (Wildman–Crippen MR) is 63.5 cm³/mol. The van der Waals surface area contributed by atoms with Crippen LogP contribution >= 0.6 is 11.6 Å². The maximum absolute atomic E-state index is 11.5. The number of halogens is 1. The number of carbonyl (C=O) groups excluding carboxylic acids is 1. The first-order valence-corrected chi connectivity index (χ1v) is 5.18. The van der Waals surface area contributed by atoms with Crippen LogP contribution in [-0.2, 0) is 0 Å². The van der Waals surface area contributed by atoms with Crippen molar-refractivity contribution in [2.75, 3.05) is 18.9 Å². The van der Waals surface area contributed by atoms with Crippen LogP contribution in [-0.4, -0.2) is 24.5 Å². The van der Waals surface area contributed by atoms with Crippen LogP contribution in [0.15, 0.2) is 18.2 Å². The van der Waals surface area contributed by atoms with Gasteiger partial charge in [0.1, 0.15) is 6.07 Å². The zero-order valence-corrected chi connectivity index (χ0v) is 9.88. The molecule has 0 spiro atoms. The van der Waals surface area contributed by atoms with Crippen molar-refractivity contribution in [1.29, 1.82) is 5.26 Å². The van der Waals surface area contributed by atoms with Crippen molar-refractivity contribution in [3.8, 4) is 6.07 Å². The summed E-state index contributed by atoms with van der Waals surface area (Å²) < 4.78 is 0. The fourth-order valence-corrected chi connectivity index (χ4v) is 1.27. The van der Waals surface area contributed by atoms with E-state index in [0.29, 0.717) is 22.8 Å². The number of carbonyl (C=O) groups is 1. The molecule has 0 aliphatic rings. The molecule has 5 heteroatoms. The van der Waals surface area contributed by atoms with Gasteiger partial charge in [-0.2, -0.15) is 5.26 Å². The molecule has 0 radical (unpaired) electrons. The van der Waals surface area contributed by atoms with Gasteiger partial charge in [-0.15, -0.1) is 0 Å². The molecule has 0 unspecified atom stereocenters. The Bertz CT molecular complexity index is 439. The third kappa shape index (κ3) is 2.88. The number of amides is 2. The number of anilines is 1. The van der Waals surface area contributed by atoms with Crippen LogP contribution in [0.2, 0.25) is 5.02 Å². The zero-order chi connectivity index (χ0) is 12.1. The van der Waals surface area contributed by atoms with Crippen molar-refractivity contribution >= 4 is 23.3 Å². The quantitative estimate of drug-likeness (QED) is 0.860. The average molecular weight is 238 g/mol. The molecule has 0 heterocycles. The molecular weight excluding hydrogens is 226 g/mol. The maximum atomic E-state index is 11.5. The van der Waals surface area contributed by atoms with Gasteiger partial charge in [0.05, 0.1) is 10.6 Å². The summed E-state index contributed by atoms with van der Waals surface area (Å²) >= 11 is 5.84. The third-order valence-corrected chi connectivity index (χ3v) is 2.47.